The molecule has 0 unspecified atom stereocenters. The Hall–Kier alpha value is -3.08. The fourth-order valence-corrected chi connectivity index (χ4v) is 4.39. The van der Waals surface area contributed by atoms with Crippen LogP contribution in [0.5, 0.6) is 11.5 Å². The van der Waals surface area contributed by atoms with Crippen molar-refractivity contribution in [3.05, 3.63) is 88.4 Å². The van der Waals surface area contributed by atoms with Crippen molar-refractivity contribution in [2.75, 3.05) is 7.05 Å². The van der Waals surface area contributed by atoms with E-state index in [0.29, 0.717) is 10.6 Å². The second-order valence-corrected chi connectivity index (χ2v) is 9.84. The number of aliphatic carboxylic acids is 1. The fraction of sp³-hybridized carbons (Fsp3) is 0.174. The van der Waals surface area contributed by atoms with Crippen LogP contribution in [0.2, 0.25) is 5.02 Å². The minimum Gasteiger partial charge on any atom is -0.481 e. The van der Waals surface area contributed by atoms with Crippen molar-refractivity contribution < 1.29 is 36.2 Å². The van der Waals surface area contributed by atoms with Crippen LogP contribution in [0, 0.1) is 0 Å². The smallest absolute Gasteiger partial charge is 0.416 e. The molecule has 6 nitrogen and oxygen atoms in total. The van der Waals surface area contributed by atoms with Gasteiger partial charge in [-0.25, -0.2) is 8.42 Å². The van der Waals surface area contributed by atoms with Crippen LogP contribution in [0.15, 0.2) is 71.6 Å². The number of sulfonamides is 1. The van der Waals surface area contributed by atoms with Gasteiger partial charge in [0.15, 0.2) is 0 Å². The number of carboxylic acids is 1. The van der Waals surface area contributed by atoms with Crippen LogP contribution in [0.4, 0.5) is 13.2 Å². The molecule has 0 bridgehead atoms. The highest BCUT2D eigenvalue weighted by molar-refractivity contribution is 7.89. The lowest BCUT2D eigenvalue weighted by atomic mass is 10.1. The molecular formula is C23H19ClF3NO5S. The van der Waals surface area contributed by atoms with Crippen LogP contribution < -0.4 is 4.74 Å². The Balaban J connectivity index is 1.96. The SMILES string of the molecule is CN(Cc1cc(C(F)(F)F)ccc1Oc1cccc(CC(=O)O)c1)S(=O)(=O)c1ccc(Cl)cc1. The monoisotopic (exact) mass is 513 g/mol. The Morgan fingerprint density at radius 3 is 2.35 bits per heavy atom. The van der Waals surface area contributed by atoms with Crippen molar-refractivity contribution in [2.45, 2.75) is 24.0 Å². The van der Waals surface area contributed by atoms with E-state index in [9.17, 15) is 26.4 Å². The molecule has 0 amide bonds. The Kier molecular flexibility index (Phi) is 7.54. The molecule has 3 aromatic rings. The predicted octanol–water partition coefficient (Wildman–Crippen LogP) is 5.60. The summed E-state index contributed by atoms with van der Waals surface area (Å²) in [5, 5.41) is 9.30. The number of ether oxygens (including phenoxy) is 1. The van der Waals surface area contributed by atoms with E-state index in [4.69, 9.17) is 21.4 Å². The fourth-order valence-electron chi connectivity index (χ4n) is 3.11. The van der Waals surface area contributed by atoms with Crippen molar-refractivity contribution in [2.24, 2.45) is 0 Å². The molecule has 0 aliphatic heterocycles. The molecule has 0 saturated heterocycles. The van der Waals surface area contributed by atoms with Gasteiger partial charge in [0.2, 0.25) is 10.0 Å². The summed E-state index contributed by atoms with van der Waals surface area (Å²) in [5.74, 6) is -0.858. The zero-order chi connectivity index (χ0) is 25.1. The zero-order valence-electron chi connectivity index (χ0n) is 17.7. The van der Waals surface area contributed by atoms with Gasteiger partial charge in [-0.2, -0.15) is 17.5 Å². The Morgan fingerprint density at radius 2 is 1.74 bits per heavy atom. The van der Waals surface area contributed by atoms with Gasteiger partial charge in [0, 0.05) is 24.2 Å². The third-order valence-electron chi connectivity index (χ3n) is 4.78. The molecule has 0 radical (unpaired) electrons. The van der Waals surface area contributed by atoms with Gasteiger partial charge in [-0.3, -0.25) is 4.79 Å². The molecule has 34 heavy (non-hydrogen) atoms. The molecule has 0 atom stereocenters. The number of rotatable bonds is 8. The molecular weight excluding hydrogens is 495 g/mol. The van der Waals surface area contributed by atoms with E-state index in [-0.39, 0.29) is 28.4 Å². The van der Waals surface area contributed by atoms with E-state index in [0.717, 1.165) is 22.5 Å². The van der Waals surface area contributed by atoms with Crippen LogP contribution in [0.1, 0.15) is 16.7 Å². The van der Waals surface area contributed by atoms with Gasteiger partial charge in [0.05, 0.1) is 16.9 Å². The third kappa shape index (κ3) is 6.28. The standard InChI is InChI=1S/C23H19ClF3NO5S/c1-28(34(31,32)20-8-6-18(24)7-9-20)14-16-13-17(23(25,26)27)5-10-21(16)33-19-4-2-3-15(11-19)12-22(29)30/h2-11,13H,12,14H2,1H3,(H,29,30). The maximum absolute atomic E-state index is 13.3. The quantitative estimate of drug-likeness (QED) is 0.424. The van der Waals surface area contributed by atoms with Crippen LogP contribution in [0.3, 0.4) is 0 Å². The van der Waals surface area contributed by atoms with Gasteiger partial charge in [0.25, 0.3) is 0 Å². The molecule has 0 aromatic heterocycles. The third-order valence-corrected chi connectivity index (χ3v) is 6.85. The van der Waals surface area contributed by atoms with Gasteiger partial charge in [-0.1, -0.05) is 23.7 Å². The molecule has 0 aliphatic carbocycles. The number of hydrogen-bond donors (Lipinski definition) is 1. The Labute approximate surface area is 199 Å². The molecule has 0 spiro atoms. The highest BCUT2D eigenvalue weighted by Gasteiger charge is 2.32. The normalized spacial score (nSPS) is 12.1. The molecule has 0 aliphatic rings. The van der Waals surface area contributed by atoms with Gasteiger partial charge >= 0.3 is 12.1 Å². The molecule has 11 heteroatoms. The van der Waals surface area contributed by atoms with Crippen molar-refractivity contribution in [3.63, 3.8) is 0 Å². The summed E-state index contributed by atoms with van der Waals surface area (Å²) in [4.78, 5) is 10.9. The molecule has 0 saturated carbocycles. The minimum absolute atomic E-state index is 0.00127. The summed E-state index contributed by atoms with van der Waals surface area (Å²) in [6.45, 7) is -0.418. The number of halogens is 4. The topological polar surface area (TPSA) is 83.9 Å². The van der Waals surface area contributed by atoms with Crippen molar-refractivity contribution in [1.82, 2.24) is 4.31 Å². The minimum atomic E-state index is -4.65. The number of carboxylic acid groups (broad SMARTS) is 1. The average Bonchev–Trinajstić information content (AvgIpc) is 2.74. The average molecular weight is 514 g/mol. The van der Waals surface area contributed by atoms with E-state index in [1.54, 1.807) is 12.1 Å². The first kappa shape index (κ1) is 25.5. The maximum atomic E-state index is 13.3. The summed E-state index contributed by atoms with van der Waals surface area (Å²) in [7, 11) is -2.80. The number of nitrogens with zero attached hydrogens (tertiary/aromatic N) is 1. The van der Waals surface area contributed by atoms with Gasteiger partial charge in [-0.15, -0.1) is 0 Å². The zero-order valence-corrected chi connectivity index (χ0v) is 19.3. The second kappa shape index (κ2) is 10.0. The van der Waals surface area contributed by atoms with E-state index in [1.807, 2.05) is 0 Å². The number of alkyl halides is 3. The predicted molar refractivity (Wildman–Crippen MR) is 119 cm³/mol. The molecule has 1 N–H and O–H groups in total. The molecule has 3 aromatic carbocycles. The molecule has 0 fully saturated rings. The van der Waals surface area contributed by atoms with Crippen LogP contribution in [0.25, 0.3) is 0 Å². The van der Waals surface area contributed by atoms with Gasteiger partial charge < -0.3 is 9.84 Å². The van der Waals surface area contributed by atoms with Gasteiger partial charge in [-0.05, 0) is 60.2 Å². The maximum Gasteiger partial charge on any atom is 0.416 e. The van der Waals surface area contributed by atoms with Gasteiger partial charge in [0.1, 0.15) is 11.5 Å². The largest absolute Gasteiger partial charge is 0.481 e. The summed E-state index contributed by atoms with van der Waals surface area (Å²) < 4.78 is 72.5. The Bertz CT molecular complexity index is 1290. The second-order valence-electron chi connectivity index (χ2n) is 7.36. The number of benzene rings is 3. The summed E-state index contributed by atoms with van der Waals surface area (Å²) in [6.07, 6.45) is -4.92. The number of hydrogen-bond acceptors (Lipinski definition) is 4. The highest BCUT2D eigenvalue weighted by atomic mass is 35.5. The highest BCUT2D eigenvalue weighted by Crippen LogP contribution is 2.35. The van der Waals surface area contributed by atoms with Crippen molar-refractivity contribution in [3.8, 4) is 11.5 Å². The lowest BCUT2D eigenvalue weighted by molar-refractivity contribution is -0.138. The Morgan fingerprint density at radius 1 is 1.06 bits per heavy atom. The first-order valence-corrected chi connectivity index (χ1v) is 11.6. The van der Waals surface area contributed by atoms with E-state index in [2.05, 4.69) is 0 Å². The van der Waals surface area contributed by atoms with E-state index < -0.39 is 34.3 Å². The van der Waals surface area contributed by atoms with Crippen LogP contribution in [-0.2, 0) is 34.0 Å². The number of carbonyl (C=O) groups is 1. The lowest BCUT2D eigenvalue weighted by Gasteiger charge is -2.20. The first-order valence-electron chi connectivity index (χ1n) is 9.77. The van der Waals surface area contributed by atoms with Crippen LogP contribution >= 0.6 is 11.6 Å². The summed E-state index contributed by atoms with van der Waals surface area (Å²) in [5.41, 5.74) is -0.564. The van der Waals surface area contributed by atoms with Crippen molar-refractivity contribution >= 4 is 27.6 Å². The summed E-state index contributed by atoms with van der Waals surface area (Å²) >= 11 is 5.80. The molecule has 0 heterocycles. The van der Waals surface area contributed by atoms with Crippen LogP contribution in [-0.4, -0.2) is 30.8 Å². The van der Waals surface area contributed by atoms with Crippen molar-refractivity contribution in [1.29, 1.82) is 0 Å². The van der Waals surface area contributed by atoms with E-state index in [1.165, 1.54) is 43.4 Å². The molecule has 3 rings (SSSR count). The summed E-state index contributed by atoms with van der Waals surface area (Å²) in [6, 6.07) is 14.2. The molecule has 180 valence electrons. The first-order chi connectivity index (χ1) is 15.9. The van der Waals surface area contributed by atoms with E-state index >= 15 is 0 Å². The lowest BCUT2D eigenvalue weighted by Crippen LogP contribution is -2.26.